The van der Waals surface area contributed by atoms with E-state index in [1.807, 2.05) is 18.2 Å². The van der Waals surface area contributed by atoms with Gasteiger partial charge in [0, 0.05) is 6.04 Å². The summed E-state index contributed by atoms with van der Waals surface area (Å²) in [5.41, 5.74) is 16.4. The van der Waals surface area contributed by atoms with Crippen LogP contribution in [0.3, 0.4) is 0 Å². The molecule has 0 unspecified atom stereocenters. The van der Waals surface area contributed by atoms with E-state index in [1.54, 1.807) is 0 Å². The Kier molecular flexibility index (Phi) is 5.99. The predicted molar refractivity (Wildman–Crippen MR) is 91.9 cm³/mol. The van der Waals surface area contributed by atoms with Crippen LogP contribution in [0.2, 0.25) is 0 Å². The molecular weight excluding hydrogens is 272 g/mol. The predicted octanol–water partition coefficient (Wildman–Crippen LogP) is 3.62. The van der Waals surface area contributed by atoms with E-state index in [0.29, 0.717) is 13.2 Å². The van der Waals surface area contributed by atoms with Crippen LogP contribution < -0.4 is 16.2 Å². The fourth-order valence-corrected chi connectivity index (χ4v) is 2.66. The summed E-state index contributed by atoms with van der Waals surface area (Å²) in [6.07, 6.45) is 1.87. The maximum Gasteiger partial charge on any atom is 0.125 e. The molecule has 0 heterocycles. The van der Waals surface area contributed by atoms with E-state index in [2.05, 4.69) is 38.1 Å². The lowest BCUT2D eigenvalue weighted by molar-refractivity contribution is 0.302. The van der Waals surface area contributed by atoms with E-state index in [1.165, 1.54) is 5.56 Å². The molecule has 0 saturated carbocycles. The summed E-state index contributed by atoms with van der Waals surface area (Å²) in [5, 5.41) is 0. The lowest BCUT2D eigenvalue weighted by Crippen LogP contribution is -2.13. The van der Waals surface area contributed by atoms with Crippen molar-refractivity contribution in [1.29, 1.82) is 0 Å². The SMILES string of the molecule is Cc1cc([C@@H](N)CCCN)cc(C)c1OCc1ccccc1. The molecule has 3 heteroatoms. The summed E-state index contributed by atoms with van der Waals surface area (Å²) in [6.45, 7) is 5.42. The van der Waals surface area contributed by atoms with Gasteiger partial charge in [0.25, 0.3) is 0 Å². The van der Waals surface area contributed by atoms with Crippen molar-refractivity contribution in [2.75, 3.05) is 6.54 Å². The molecule has 118 valence electrons. The number of nitrogens with two attached hydrogens (primary N) is 2. The maximum absolute atomic E-state index is 6.24. The van der Waals surface area contributed by atoms with Gasteiger partial charge < -0.3 is 16.2 Å². The molecule has 2 aromatic carbocycles. The molecule has 0 aromatic heterocycles. The first kappa shape index (κ1) is 16.5. The Balaban J connectivity index is 2.09. The number of hydrogen-bond donors (Lipinski definition) is 2. The lowest BCUT2D eigenvalue weighted by atomic mass is 9.98. The second-order valence-corrected chi connectivity index (χ2v) is 5.80. The Labute approximate surface area is 133 Å². The van der Waals surface area contributed by atoms with E-state index >= 15 is 0 Å². The summed E-state index contributed by atoms with van der Waals surface area (Å²) in [4.78, 5) is 0. The average Bonchev–Trinajstić information content (AvgIpc) is 2.52. The summed E-state index contributed by atoms with van der Waals surface area (Å²) >= 11 is 0. The molecule has 0 aliphatic carbocycles. The Hall–Kier alpha value is -1.84. The topological polar surface area (TPSA) is 61.3 Å². The second kappa shape index (κ2) is 7.97. The third-order valence-corrected chi connectivity index (χ3v) is 3.86. The zero-order valence-electron chi connectivity index (χ0n) is 13.5. The van der Waals surface area contributed by atoms with Crippen molar-refractivity contribution >= 4 is 0 Å². The van der Waals surface area contributed by atoms with E-state index in [0.717, 1.165) is 35.3 Å². The van der Waals surface area contributed by atoms with Gasteiger partial charge in [-0.15, -0.1) is 0 Å². The Morgan fingerprint density at radius 2 is 1.68 bits per heavy atom. The molecule has 0 spiro atoms. The van der Waals surface area contributed by atoms with Gasteiger partial charge in [-0.05, 0) is 55.5 Å². The van der Waals surface area contributed by atoms with Crippen LogP contribution in [0.4, 0.5) is 0 Å². The van der Waals surface area contributed by atoms with Crippen molar-refractivity contribution < 1.29 is 4.74 Å². The van der Waals surface area contributed by atoms with Crippen molar-refractivity contribution in [3.8, 4) is 5.75 Å². The molecule has 0 aliphatic heterocycles. The van der Waals surface area contributed by atoms with Crippen molar-refractivity contribution in [1.82, 2.24) is 0 Å². The highest BCUT2D eigenvalue weighted by Crippen LogP contribution is 2.28. The molecule has 0 amide bonds. The minimum Gasteiger partial charge on any atom is -0.488 e. The van der Waals surface area contributed by atoms with Crippen LogP contribution in [0.25, 0.3) is 0 Å². The number of ether oxygens (including phenoxy) is 1. The average molecular weight is 298 g/mol. The van der Waals surface area contributed by atoms with Gasteiger partial charge in [-0.1, -0.05) is 42.5 Å². The van der Waals surface area contributed by atoms with Gasteiger partial charge in [-0.3, -0.25) is 0 Å². The number of benzene rings is 2. The lowest BCUT2D eigenvalue weighted by Gasteiger charge is -2.17. The largest absolute Gasteiger partial charge is 0.488 e. The van der Waals surface area contributed by atoms with E-state index < -0.39 is 0 Å². The summed E-state index contributed by atoms with van der Waals surface area (Å²) < 4.78 is 6.01. The number of rotatable bonds is 7. The van der Waals surface area contributed by atoms with Crippen molar-refractivity contribution in [2.24, 2.45) is 11.5 Å². The van der Waals surface area contributed by atoms with Gasteiger partial charge in [0.2, 0.25) is 0 Å². The number of aryl methyl sites for hydroxylation is 2. The van der Waals surface area contributed by atoms with E-state index in [9.17, 15) is 0 Å². The molecule has 0 saturated heterocycles. The molecule has 4 N–H and O–H groups in total. The van der Waals surface area contributed by atoms with Crippen LogP contribution in [-0.4, -0.2) is 6.54 Å². The molecule has 22 heavy (non-hydrogen) atoms. The molecule has 0 fully saturated rings. The summed E-state index contributed by atoms with van der Waals surface area (Å²) in [6, 6.07) is 14.5. The first-order valence-electron chi connectivity index (χ1n) is 7.85. The van der Waals surface area contributed by atoms with Crippen LogP contribution in [-0.2, 0) is 6.61 Å². The van der Waals surface area contributed by atoms with Crippen molar-refractivity contribution in [3.05, 3.63) is 64.7 Å². The molecule has 2 rings (SSSR count). The normalized spacial score (nSPS) is 12.2. The smallest absolute Gasteiger partial charge is 0.125 e. The van der Waals surface area contributed by atoms with Crippen LogP contribution in [0.1, 0.15) is 41.1 Å². The minimum absolute atomic E-state index is 0.0455. The molecule has 2 aromatic rings. The molecule has 0 radical (unpaired) electrons. The monoisotopic (exact) mass is 298 g/mol. The van der Waals surface area contributed by atoms with Gasteiger partial charge in [-0.2, -0.15) is 0 Å². The fourth-order valence-electron chi connectivity index (χ4n) is 2.66. The molecule has 0 bridgehead atoms. The van der Waals surface area contributed by atoms with Crippen molar-refractivity contribution in [3.63, 3.8) is 0 Å². The molecular formula is C19H26N2O. The highest BCUT2D eigenvalue weighted by Gasteiger charge is 2.11. The Morgan fingerprint density at radius 3 is 2.27 bits per heavy atom. The first-order chi connectivity index (χ1) is 10.6. The van der Waals surface area contributed by atoms with E-state index in [-0.39, 0.29) is 6.04 Å². The van der Waals surface area contributed by atoms with Crippen molar-refractivity contribution in [2.45, 2.75) is 39.3 Å². The zero-order chi connectivity index (χ0) is 15.9. The minimum atomic E-state index is 0.0455. The fraction of sp³-hybridized carbons (Fsp3) is 0.368. The standard InChI is InChI=1S/C19H26N2O/c1-14-11-17(18(21)9-6-10-20)12-15(2)19(14)22-13-16-7-4-3-5-8-16/h3-5,7-8,11-12,18H,6,9-10,13,20-21H2,1-2H3/t18-/m0/s1. The number of hydrogen-bond acceptors (Lipinski definition) is 3. The van der Waals surface area contributed by atoms with Gasteiger partial charge in [0.05, 0.1) is 0 Å². The van der Waals surface area contributed by atoms with Crippen LogP contribution >= 0.6 is 0 Å². The van der Waals surface area contributed by atoms with Crippen LogP contribution in [0.5, 0.6) is 5.75 Å². The first-order valence-corrected chi connectivity index (χ1v) is 7.85. The van der Waals surface area contributed by atoms with Gasteiger partial charge in [0.1, 0.15) is 12.4 Å². The molecule has 3 nitrogen and oxygen atoms in total. The Morgan fingerprint density at radius 1 is 1.05 bits per heavy atom. The highest BCUT2D eigenvalue weighted by molar-refractivity contribution is 5.44. The van der Waals surface area contributed by atoms with Crippen LogP contribution in [0.15, 0.2) is 42.5 Å². The highest BCUT2D eigenvalue weighted by atomic mass is 16.5. The van der Waals surface area contributed by atoms with Gasteiger partial charge >= 0.3 is 0 Å². The quantitative estimate of drug-likeness (QED) is 0.820. The zero-order valence-corrected chi connectivity index (χ0v) is 13.5. The second-order valence-electron chi connectivity index (χ2n) is 5.80. The molecule has 0 aliphatic rings. The Bertz CT molecular complexity index is 573. The molecule has 1 atom stereocenters. The van der Waals surface area contributed by atoms with Gasteiger partial charge in [0.15, 0.2) is 0 Å². The van der Waals surface area contributed by atoms with E-state index in [4.69, 9.17) is 16.2 Å². The summed E-state index contributed by atoms with van der Waals surface area (Å²) in [7, 11) is 0. The van der Waals surface area contributed by atoms with Crippen LogP contribution in [0, 0.1) is 13.8 Å². The third kappa shape index (κ3) is 4.33. The van der Waals surface area contributed by atoms with Gasteiger partial charge in [-0.25, -0.2) is 0 Å². The third-order valence-electron chi connectivity index (χ3n) is 3.86. The summed E-state index contributed by atoms with van der Waals surface area (Å²) in [5.74, 6) is 0.957. The maximum atomic E-state index is 6.24.